The summed E-state index contributed by atoms with van der Waals surface area (Å²) in [5, 5.41) is 1.24. The minimum absolute atomic E-state index is 0.00794. The first kappa shape index (κ1) is 26.2. The van der Waals surface area contributed by atoms with Crippen molar-refractivity contribution >= 4 is 29.1 Å². The van der Waals surface area contributed by atoms with Gasteiger partial charge >= 0.3 is 0 Å². The Kier molecular flexibility index (Phi) is 8.06. The molecular formula is C26H31Cl2FN4O. The van der Waals surface area contributed by atoms with Crippen LogP contribution in [0, 0.1) is 12.7 Å². The van der Waals surface area contributed by atoms with Crippen LogP contribution in [0.25, 0.3) is 11.3 Å². The van der Waals surface area contributed by atoms with Crippen LogP contribution in [0.1, 0.15) is 50.7 Å². The Morgan fingerprint density at radius 3 is 2.29 bits per heavy atom. The van der Waals surface area contributed by atoms with Crippen LogP contribution in [-0.4, -0.2) is 33.4 Å². The van der Waals surface area contributed by atoms with E-state index < -0.39 is 5.54 Å². The third kappa shape index (κ3) is 5.29. The number of benzene rings is 2. The van der Waals surface area contributed by atoms with Gasteiger partial charge < -0.3 is 15.2 Å². The van der Waals surface area contributed by atoms with E-state index in [1.165, 1.54) is 12.1 Å². The lowest BCUT2D eigenvalue weighted by atomic mass is 9.98. The summed E-state index contributed by atoms with van der Waals surface area (Å²) in [4.78, 5) is 18.9. The van der Waals surface area contributed by atoms with Crippen molar-refractivity contribution in [2.24, 2.45) is 5.73 Å². The molecule has 0 spiro atoms. The number of carbonyl (C=O) groups excluding carboxylic acids is 1. The lowest BCUT2D eigenvalue weighted by Gasteiger charge is -2.42. The van der Waals surface area contributed by atoms with E-state index in [1.807, 2.05) is 32.9 Å². The van der Waals surface area contributed by atoms with Gasteiger partial charge in [0.2, 0.25) is 5.91 Å². The van der Waals surface area contributed by atoms with Gasteiger partial charge in [-0.15, -0.1) is 0 Å². The molecule has 0 unspecified atom stereocenters. The highest BCUT2D eigenvalue weighted by Crippen LogP contribution is 2.38. The van der Waals surface area contributed by atoms with Crippen LogP contribution < -0.4 is 5.73 Å². The molecule has 1 aromatic heterocycles. The number of aromatic nitrogens is 2. The zero-order valence-electron chi connectivity index (χ0n) is 20.2. The number of fused-ring (bicyclic) bond motifs is 1. The number of halogens is 3. The average molecular weight is 505 g/mol. The summed E-state index contributed by atoms with van der Waals surface area (Å²) in [6, 6.07) is 12.0. The van der Waals surface area contributed by atoms with E-state index in [9.17, 15) is 9.18 Å². The van der Waals surface area contributed by atoms with Crippen molar-refractivity contribution in [1.29, 1.82) is 0 Å². The maximum absolute atomic E-state index is 13.3. The van der Waals surface area contributed by atoms with E-state index in [0.29, 0.717) is 23.1 Å². The number of imidazole rings is 1. The minimum Gasteiger partial charge on any atom is -0.327 e. The number of nitrogens with zero attached hydrogens (tertiary/aromatic N) is 3. The second kappa shape index (κ2) is 10.5. The van der Waals surface area contributed by atoms with Crippen molar-refractivity contribution in [3.05, 3.63) is 75.4 Å². The van der Waals surface area contributed by atoms with Crippen molar-refractivity contribution < 1.29 is 9.18 Å². The fraction of sp³-hybridized carbons (Fsp3) is 0.385. The molecule has 34 heavy (non-hydrogen) atoms. The molecule has 182 valence electrons. The van der Waals surface area contributed by atoms with E-state index in [4.69, 9.17) is 33.9 Å². The topological polar surface area (TPSA) is 64.2 Å². The Labute approximate surface area is 210 Å². The molecule has 0 aliphatic carbocycles. The number of hydrogen-bond donors (Lipinski definition) is 1. The van der Waals surface area contributed by atoms with Crippen LogP contribution in [0.4, 0.5) is 4.39 Å². The second-order valence-electron chi connectivity index (χ2n) is 9.21. The first-order valence-electron chi connectivity index (χ1n) is 11.3. The van der Waals surface area contributed by atoms with E-state index >= 15 is 0 Å². The third-order valence-corrected chi connectivity index (χ3v) is 6.73. The number of hydrogen-bond acceptors (Lipinski definition) is 3. The van der Waals surface area contributed by atoms with Gasteiger partial charge in [0, 0.05) is 24.3 Å². The van der Waals surface area contributed by atoms with Gasteiger partial charge in [0.15, 0.2) is 0 Å². The molecule has 1 aliphatic heterocycles. The van der Waals surface area contributed by atoms with Gasteiger partial charge in [-0.1, -0.05) is 43.1 Å². The molecule has 1 aliphatic rings. The van der Waals surface area contributed by atoms with Gasteiger partial charge in [-0.3, -0.25) is 4.79 Å². The van der Waals surface area contributed by atoms with Gasteiger partial charge in [0.05, 0.1) is 27.8 Å². The van der Waals surface area contributed by atoms with Crippen LogP contribution in [-0.2, 0) is 16.9 Å². The molecule has 0 fully saturated rings. The molecule has 0 atom stereocenters. The fourth-order valence-electron chi connectivity index (χ4n) is 4.31. The molecule has 2 N–H and O–H groups in total. The highest BCUT2D eigenvalue weighted by molar-refractivity contribution is 6.42. The Balaban J connectivity index is 0.000000302. The molecule has 2 aromatic carbocycles. The largest absolute Gasteiger partial charge is 0.327 e. The Morgan fingerprint density at radius 1 is 1.12 bits per heavy atom. The van der Waals surface area contributed by atoms with E-state index in [0.717, 1.165) is 28.3 Å². The normalized spacial score (nSPS) is 14.5. The maximum Gasteiger partial charge on any atom is 0.237 e. The predicted octanol–water partition coefficient (Wildman–Crippen LogP) is 6.15. The van der Waals surface area contributed by atoms with Crippen LogP contribution in [0.2, 0.25) is 10.0 Å². The number of nitrogens with two attached hydrogens (primary N) is 1. The number of carbonyl (C=O) groups is 1. The SMILES string of the molecule is CC(C)c1c(-c2ccc(F)cc2)nc2n1CCN(C(=O)CN)C2(C)C.Cc1ccc(Cl)c(Cl)c1. The summed E-state index contributed by atoms with van der Waals surface area (Å²) in [6.45, 7) is 11.5. The maximum atomic E-state index is 13.3. The van der Waals surface area contributed by atoms with Gasteiger partial charge in [0.1, 0.15) is 11.6 Å². The summed E-state index contributed by atoms with van der Waals surface area (Å²) in [5.74, 6) is 0.769. The van der Waals surface area contributed by atoms with Gasteiger partial charge in [-0.05, 0) is 68.7 Å². The molecule has 8 heteroatoms. The number of rotatable bonds is 3. The predicted molar refractivity (Wildman–Crippen MR) is 137 cm³/mol. The van der Waals surface area contributed by atoms with Crippen molar-refractivity contribution in [2.45, 2.75) is 52.6 Å². The quantitative estimate of drug-likeness (QED) is 0.465. The van der Waals surface area contributed by atoms with E-state index in [-0.39, 0.29) is 24.2 Å². The Bertz CT molecular complexity index is 1170. The summed E-state index contributed by atoms with van der Waals surface area (Å²) in [6.07, 6.45) is 0. The molecule has 0 bridgehead atoms. The summed E-state index contributed by atoms with van der Waals surface area (Å²) < 4.78 is 15.5. The Hall–Kier alpha value is -2.41. The molecule has 1 amide bonds. The third-order valence-electron chi connectivity index (χ3n) is 5.99. The number of aryl methyl sites for hydroxylation is 1. The highest BCUT2D eigenvalue weighted by atomic mass is 35.5. The smallest absolute Gasteiger partial charge is 0.237 e. The first-order valence-corrected chi connectivity index (χ1v) is 12.0. The molecule has 3 aromatic rings. The monoisotopic (exact) mass is 504 g/mol. The van der Waals surface area contributed by atoms with Gasteiger partial charge in [0.25, 0.3) is 0 Å². The summed E-state index contributed by atoms with van der Waals surface area (Å²) in [7, 11) is 0. The fourth-order valence-corrected chi connectivity index (χ4v) is 4.66. The van der Waals surface area contributed by atoms with E-state index in [1.54, 1.807) is 23.1 Å². The summed E-state index contributed by atoms with van der Waals surface area (Å²) in [5.41, 5.74) is 9.03. The average Bonchev–Trinajstić information content (AvgIpc) is 3.18. The van der Waals surface area contributed by atoms with Crippen LogP contribution in [0.3, 0.4) is 0 Å². The lowest BCUT2D eigenvalue weighted by molar-refractivity contribution is -0.137. The van der Waals surface area contributed by atoms with E-state index in [2.05, 4.69) is 18.4 Å². The molecule has 4 rings (SSSR count). The molecular weight excluding hydrogens is 474 g/mol. The van der Waals surface area contributed by atoms with Gasteiger partial charge in [-0.25, -0.2) is 9.37 Å². The van der Waals surface area contributed by atoms with Crippen LogP contribution >= 0.6 is 23.2 Å². The zero-order chi connectivity index (χ0) is 25.2. The Morgan fingerprint density at radius 2 is 1.76 bits per heavy atom. The van der Waals surface area contributed by atoms with Crippen molar-refractivity contribution in [2.75, 3.05) is 13.1 Å². The molecule has 0 saturated heterocycles. The molecule has 5 nitrogen and oxygen atoms in total. The standard InChI is InChI=1S/C19H25FN4O.C7H6Cl2/c1-12(2)17-16(13-5-7-14(20)8-6-13)22-18-19(3,4)24(15(25)11-21)10-9-23(17)18;1-5-2-3-6(8)7(9)4-5/h5-8,12H,9-11,21H2,1-4H3;2-4H,1H3. The first-order chi connectivity index (χ1) is 16.0. The summed E-state index contributed by atoms with van der Waals surface area (Å²) >= 11 is 11.3. The zero-order valence-corrected chi connectivity index (χ0v) is 21.7. The van der Waals surface area contributed by atoms with Crippen LogP contribution in [0.5, 0.6) is 0 Å². The van der Waals surface area contributed by atoms with Crippen LogP contribution in [0.15, 0.2) is 42.5 Å². The highest BCUT2D eigenvalue weighted by Gasteiger charge is 2.41. The number of amides is 1. The minimum atomic E-state index is -0.545. The lowest BCUT2D eigenvalue weighted by Crippen LogP contribution is -2.53. The van der Waals surface area contributed by atoms with Crippen molar-refractivity contribution in [3.8, 4) is 11.3 Å². The van der Waals surface area contributed by atoms with Crippen molar-refractivity contribution in [3.63, 3.8) is 0 Å². The molecule has 0 saturated carbocycles. The molecule has 2 heterocycles. The molecule has 0 radical (unpaired) electrons. The van der Waals surface area contributed by atoms with Crippen molar-refractivity contribution in [1.82, 2.24) is 14.5 Å². The second-order valence-corrected chi connectivity index (χ2v) is 10.0. The van der Waals surface area contributed by atoms with Gasteiger partial charge in [-0.2, -0.15) is 0 Å².